The molecule has 2 N–H and O–H groups in total. The Labute approximate surface area is 104 Å². The van der Waals surface area contributed by atoms with Crippen LogP contribution in [0.5, 0.6) is 5.88 Å². The van der Waals surface area contributed by atoms with Gasteiger partial charge in [-0.25, -0.2) is 0 Å². The molecule has 0 spiro atoms. The zero-order valence-corrected chi connectivity index (χ0v) is 9.85. The van der Waals surface area contributed by atoms with E-state index in [0.29, 0.717) is 18.1 Å². The minimum atomic E-state index is 0.253. The third-order valence-electron chi connectivity index (χ3n) is 2.17. The number of hydrogen-bond acceptors (Lipinski definition) is 4. The second kappa shape index (κ2) is 5.36. The molecule has 17 heavy (non-hydrogen) atoms. The molecule has 1 aromatic carbocycles. The number of hydrogen-bond donors (Lipinski definition) is 1. The van der Waals surface area contributed by atoms with Gasteiger partial charge in [-0.2, -0.15) is 5.10 Å². The van der Waals surface area contributed by atoms with E-state index in [4.69, 9.17) is 22.7 Å². The summed E-state index contributed by atoms with van der Waals surface area (Å²) in [5.74, 6) is 0.365. The van der Waals surface area contributed by atoms with E-state index in [0.717, 1.165) is 5.56 Å². The lowest BCUT2D eigenvalue weighted by Gasteiger charge is -2.08. The van der Waals surface area contributed by atoms with Gasteiger partial charge in [0.05, 0.1) is 11.8 Å². The van der Waals surface area contributed by atoms with Crippen molar-refractivity contribution in [3.63, 3.8) is 0 Å². The van der Waals surface area contributed by atoms with E-state index in [2.05, 4.69) is 10.2 Å². The van der Waals surface area contributed by atoms with Crippen molar-refractivity contribution in [3.05, 3.63) is 53.7 Å². The molecule has 0 aliphatic rings. The minimum absolute atomic E-state index is 0.253. The van der Waals surface area contributed by atoms with Gasteiger partial charge in [0.2, 0.25) is 5.88 Å². The first kappa shape index (κ1) is 11.5. The van der Waals surface area contributed by atoms with Gasteiger partial charge < -0.3 is 10.5 Å². The summed E-state index contributed by atoms with van der Waals surface area (Å²) in [6, 6.07) is 11.5. The number of benzene rings is 1. The van der Waals surface area contributed by atoms with E-state index in [1.165, 1.54) is 6.20 Å². The van der Waals surface area contributed by atoms with E-state index >= 15 is 0 Å². The Morgan fingerprint density at radius 2 is 2.00 bits per heavy atom. The summed E-state index contributed by atoms with van der Waals surface area (Å²) in [5.41, 5.74) is 7.22. The highest BCUT2D eigenvalue weighted by Crippen LogP contribution is 2.14. The van der Waals surface area contributed by atoms with Gasteiger partial charge >= 0.3 is 0 Å². The van der Waals surface area contributed by atoms with Crippen molar-refractivity contribution in [2.75, 3.05) is 0 Å². The zero-order valence-electron chi connectivity index (χ0n) is 9.04. The Bertz CT molecular complexity index is 516. The number of nitrogens with zero attached hydrogens (tertiary/aromatic N) is 2. The van der Waals surface area contributed by atoms with Gasteiger partial charge in [0, 0.05) is 0 Å². The lowest BCUT2D eigenvalue weighted by Crippen LogP contribution is -2.13. The molecule has 0 amide bonds. The summed E-state index contributed by atoms with van der Waals surface area (Å²) in [5, 5.41) is 7.63. The molecule has 0 aliphatic carbocycles. The first-order chi connectivity index (χ1) is 8.27. The van der Waals surface area contributed by atoms with E-state index < -0.39 is 0 Å². The fourth-order valence-electron chi connectivity index (χ4n) is 1.34. The van der Waals surface area contributed by atoms with E-state index in [1.807, 2.05) is 30.3 Å². The molecule has 0 atom stereocenters. The van der Waals surface area contributed by atoms with Crippen LogP contribution in [0.25, 0.3) is 0 Å². The molecule has 4 nitrogen and oxygen atoms in total. The third kappa shape index (κ3) is 2.98. The highest BCUT2D eigenvalue weighted by molar-refractivity contribution is 7.80. The molecule has 1 aromatic heterocycles. The fraction of sp³-hybridized carbons (Fsp3) is 0.0833. The smallest absolute Gasteiger partial charge is 0.244 e. The predicted molar refractivity (Wildman–Crippen MR) is 68.7 cm³/mol. The van der Waals surface area contributed by atoms with Gasteiger partial charge in [0.25, 0.3) is 0 Å². The Kier molecular flexibility index (Phi) is 3.62. The Morgan fingerprint density at radius 1 is 1.24 bits per heavy atom. The van der Waals surface area contributed by atoms with E-state index in [9.17, 15) is 0 Å². The molecule has 2 rings (SSSR count). The Morgan fingerprint density at radius 3 is 2.71 bits per heavy atom. The summed E-state index contributed by atoms with van der Waals surface area (Å²) in [6.07, 6.45) is 1.53. The van der Waals surface area contributed by atoms with Gasteiger partial charge in [-0.15, -0.1) is 5.10 Å². The van der Waals surface area contributed by atoms with Crippen molar-refractivity contribution in [2.24, 2.45) is 5.73 Å². The van der Waals surface area contributed by atoms with Crippen LogP contribution in [0.3, 0.4) is 0 Å². The molecule has 0 saturated carbocycles. The molecule has 2 aromatic rings. The molecule has 5 heteroatoms. The summed E-state index contributed by atoms with van der Waals surface area (Å²) in [6.45, 7) is 0.412. The number of ether oxygens (including phenoxy) is 1. The maximum absolute atomic E-state index is 5.57. The summed E-state index contributed by atoms with van der Waals surface area (Å²) in [7, 11) is 0. The second-order valence-electron chi connectivity index (χ2n) is 3.39. The van der Waals surface area contributed by atoms with Gasteiger partial charge in [-0.3, -0.25) is 0 Å². The zero-order chi connectivity index (χ0) is 12.1. The first-order valence-corrected chi connectivity index (χ1v) is 5.46. The maximum Gasteiger partial charge on any atom is 0.244 e. The highest BCUT2D eigenvalue weighted by atomic mass is 32.1. The van der Waals surface area contributed by atoms with Crippen molar-refractivity contribution >= 4 is 17.2 Å². The Balaban J connectivity index is 2.12. The second-order valence-corrected chi connectivity index (χ2v) is 3.83. The summed E-state index contributed by atoms with van der Waals surface area (Å²) >= 11 is 4.91. The molecular formula is C12H11N3OS. The number of aromatic nitrogens is 2. The van der Waals surface area contributed by atoms with Gasteiger partial charge in [-0.1, -0.05) is 42.5 Å². The van der Waals surface area contributed by atoms with Crippen LogP contribution < -0.4 is 10.5 Å². The van der Waals surface area contributed by atoms with Crippen LogP contribution in [0.15, 0.2) is 42.6 Å². The SMILES string of the molecule is NC(=S)c1ccnnc1OCc1ccccc1. The topological polar surface area (TPSA) is 61.0 Å². The predicted octanol–water partition coefficient (Wildman–Crippen LogP) is 1.69. The van der Waals surface area contributed by atoms with Crippen molar-refractivity contribution in [1.82, 2.24) is 10.2 Å². The lowest BCUT2D eigenvalue weighted by molar-refractivity contribution is 0.289. The molecule has 0 fully saturated rings. The van der Waals surface area contributed by atoms with Crippen LogP contribution in [-0.2, 0) is 6.61 Å². The molecule has 0 bridgehead atoms. The maximum atomic E-state index is 5.57. The number of rotatable bonds is 4. The molecule has 1 heterocycles. The average molecular weight is 245 g/mol. The standard InChI is InChI=1S/C12H11N3OS/c13-11(17)10-6-7-14-15-12(10)16-8-9-4-2-1-3-5-9/h1-7H,8H2,(H2,13,17). The molecule has 0 unspecified atom stereocenters. The first-order valence-electron chi connectivity index (χ1n) is 5.05. The lowest BCUT2D eigenvalue weighted by atomic mass is 10.2. The molecule has 0 radical (unpaired) electrons. The summed E-state index contributed by atoms with van der Waals surface area (Å²) in [4.78, 5) is 0.253. The van der Waals surface area contributed by atoms with Crippen molar-refractivity contribution in [3.8, 4) is 5.88 Å². The minimum Gasteiger partial charge on any atom is -0.471 e. The van der Waals surface area contributed by atoms with Gasteiger partial charge in [-0.05, 0) is 11.6 Å². The highest BCUT2D eigenvalue weighted by Gasteiger charge is 2.07. The quantitative estimate of drug-likeness (QED) is 0.831. The number of nitrogens with two attached hydrogens (primary N) is 1. The average Bonchev–Trinajstić information content (AvgIpc) is 2.38. The van der Waals surface area contributed by atoms with Crippen LogP contribution in [0.2, 0.25) is 0 Å². The molecule has 0 aliphatic heterocycles. The van der Waals surface area contributed by atoms with Gasteiger partial charge in [0.15, 0.2) is 0 Å². The molecule has 0 saturated heterocycles. The Hall–Kier alpha value is -2.01. The largest absolute Gasteiger partial charge is 0.471 e. The molecule has 86 valence electrons. The molecular weight excluding hydrogens is 234 g/mol. The van der Waals surface area contributed by atoms with Crippen molar-refractivity contribution in [1.29, 1.82) is 0 Å². The van der Waals surface area contributed by atoms with Crippen LogP contribution in [0.4, 0.5) is 0 Å². The van der Waals surface area contributed by atoms with Gasteiger partial charge in [0.1, 0.15) is 11.6 Å². The third-order valence-corrected chi connectivity index (χ3v) is 2.39. The van der Waals surface area contributed by atoms with E-state index in [1.54, 1.807) is 6.07 Å². The summed E-state index contributed by atoms with van der Waals surface area (Å²) < 4.78 is 5.54. The fourth-order valence-corrected chi connectivity index (χ4v) is 1.49. The van der Waals surface area contributed by atoms with Crippen LogP contribution in [0, 0.1) is 0 Å². The normalized spacial score (nSPS) is 9.88. The van der Waals surface area contributed by atoms with Crippen molar-refractivity contribution in [2.45, 2.75) is 6.61 Å². The van der Waals surface area contributed by atoms with Crippen LogP contribution in [-0.4, -0.2) is 15.2 Å². The van der Waals surface area contributed by atoms with Crippen LogP contribution in [0.1, 0.15) is 11.1 Å². The number of thiocarbonyl (C=S) groups is 1. The van der Waals surface area contributed by atoms with Crippen LogP contribution >= 0.6 is 12.2 Å². The monoisotopic (exact) mass is 245 g/mol. The van der Waals surface area contributed by atoms with E-state index in [-0.39, 0.29) is 4.99 Å². The van der Waals surface area contributed by atoms with Crippen molar-refractivity contribution < 1.29 is 4.74 Å².